The highest BCUT2D eigenvalue weighted by Crippen LogP contribution is 2.25. The first-order valence-electron chi connectivity index (χ1n) is 10.6. The third-order valence-electron chi connectivity index (χ3n) is 6.01. The molecule has 0 bridgehead atoms. The number of benzene rings is 1. The zero-order valence-corrected chi connectivity index (χ0v) is 19.1. The van der Waals surface area contributed by atoms with Gasteiger partial charge in [-0.25, -0.2) is 13.4 Å². The molecule has 0 radical (unpaired) electrons. The molecule has 1 aromatic heterocycles. The van der Waals surface area contributed by atoms with Crippen LogP contribution in [0.4, 0.5) is 0 Å². The second-order valence-electron chi connectivity index (χ2n) is 7.99. The van der Waals surface area contributed by atoms with Crippen LogP contribution in [-0.2, 0) is 27.8 Å². The van der Waals surface area contributed by atoms with Crippen LogP contribution in [0.15, 0.2) is 23.1 Å². The summed E-state index contributed by atoms with van der Waals surface area (Å²) in [4.78, 5) is 7.57. The highest BCUT2D eigenvalue weighted by atomic mass is 32.2. The zero-order valence-electron chi connectivity index (χ0n) is 18.3. The molecule has 1 aromatic carbocycles. The fraction of sp³-hybridized carbons (Fsp3) is 0.667. The van der Waals surface area contributed by atoms with Crippen molar-refractivity contribution in [1.82, 2.24) is 18.8 Å². The first-order chi connectivity index (χ1) is 13.8. The monoisotopic (exact) mass is 422 g/mol. The van der Waals surface area contributed by atoms with Crippen LogP contribution in [-0.4, -0.2) is 66.1 Å². The summed E-state index contributed by atoms with van der Waals surface area (Å²) in [6.07, 6.45) is 0. The molecule has 3 rings (SSSR count). The number of hydrogen-bond donors (Lipinski definition) is 0. The topological polar surface area (TPSA) is 67.7 Å². The Kier molecular flexibility index (Phi) is 6.98. The van der Waals surface area contributed by atoms with Gasteiger partial charge in [0.25, 0.3) is 0 Å². The zero-order chi connectivity index (χ0) is 21.2. The van der Waals surface area contributed by atoms with Crippen LogP contribution >= 0.6 is 0 Å². The van der Waals surface area contributed by atoms with E-state index in [0.717, 1.165) is 36.5 Å². The van der Waals surface area contributed by atoms with E-state index in [1.54, 1.807) is 12.1 Å². The van der Waals surface area contributed by atoms with Crippen molar-refractivity contribution in [3.63, 3.8) is 0 Å². The van der Waals surface area contributed by atoms with Gasteiger partial charge in [-0.3, -0.25) is 4.90 Å². The normalized spacial score (nSPS) is 17.5. The van der Waals surface area contributed by atoms with Gasteiger partial charge in [0.15, 0.2) is 0 Å². The van der Waals surface area contributed by atoms with Crippen molar-refractivity contribution in [2.24, 2.45) is 5.92 Å². The van der Waals surface area contributed by atoms with Crippen molar-refractivity contribution in [2.45, 2.75) is 58.6 Å². The smallest absolute Gasteiger partial charge is 0.243 e. The molecule has 1 aliphatic heterocycles. The summed E-state index contributed by atoms with van der Waals surface area (Å²) in [5.41, 5.74) is 1.72. The molecule has 1 aliphatic rings. The number of ether oxygens (including phenoxy) is 1. The minimum atomic E-state index is -3.52. The van der Waals surface area contributed by atoms with Crippen LogP contribution in [0.25, 0.3) is 11.0 Å². The molecule has 0 spiro atoms. The van der Waals surface area contributed by atoms with Gasteiger partial charge in [-0.1, -0.05) is 20.8 Å². The van der Waals surface area contributed by atoms with E-state index in [2.05, 4.69) is 44.1 Å². The third-order valence-corrected chi connectivity index (χ3v) is 7.91. The average molecular weight is 423 g/mol. The van der Waals surface area contributed by atoms with Gasteiger partial charge in [0.05, 0.1) is 35.7 Å². The van der Waals surface area contributed by atoms with Crippen LogP contribution in [0, 0.1) is 5.92 Å². The maximum Gasteiger partial charge on any atom is 0.243 e. The second kappa shape index (κ2) is 9.12. The van der Waals surface area contributed by atoms with Gasteiger partial charge in [0.1, 0.15) is 5.82 Å². The Labute approximate surface area is 174 Å². The summed E-state index contributed by atoms with van der Waals surface area (Å²) in [7, 11) is -3.52. The SMILES string of the molecule is CCN(Cc1nc2cc(S(=O)(=O)N3CCOCC3)ccc2n1CC)C(C)C(C)C. The molecule has 1 fully saturated rings. The Hall–Kier alpha value is -1.48. The molecule has 0 aliphatic carbocycles. The van der Waals surface area contributed by atoms with E-state index in [1.165, 1.54) is 4.31 Å². The van der Waals surface area contributed by atoms with Crippen molar-refractivity contribution < 1.29 is 13.2 Å². The molecule has 29 heavy (non-hydrogen) atoms. The molecule has 0 saturated carbocycles. The summed E-state index contributed by atoms with van der Waals surface area (Å²) in [6.45, 7) is 15.2. The Morgan fingerprint density at radius 1 is 1.17 bits per heavy atom. The lowest BCUT2D eigenvalue weighted by atomic mass is 10.0. The molecule has 2 aromatic rings. The van der Waals surface area contributed by atoms with Crippen LogP contribution in [0.3, 0.4) is 0 Å². The molecule has 1 saturated heterocycles. The molecule has 0 amide bonds. The Bertz CT molecular complexity index is 933. The van der Waals surface area contributed by atoms with Gasteiger partial charge in [0.2, 0.25) is 10.0 Å². The highest BCUT2D eigenvalue weighted by Gasteiger charge is 2.27. The first kappa shape index (κ1) is 22.2. The fourth-order valence-electron chi connectivity index (χ4n) is 3.88. The quantitative estimate of drug-likeness (QED) is 0.654. The molecular weight excluding hydrogens is 388 g/mol. The van der Waals surface area contributed by atoms with E-state index in [4.69, 9.17) is 9.72 Å². The lowest BCUT2D eigenvalue weighted by Gasteiger charge is -2.30. The highest BCUT2D eigenvalue weighted by molar-refractivity contribution is 7.89. The number of sulfonamides is 1. The number of morpholine rings is 1. The minimum Gasteiger partial charge on any atom is -0.379 e. The number of aromatic nitrogens is 2. The van der Waals surface area contributed by atoms with Crippen molar-refractivity contribution >= 4 is 21.1 Å². The Morgan fingerprint density at radius 3 is 2.45 bits per heavy atom. The molecule has 1 unspecified atom stereocenters. The predicted octanol–water partition coefficient (Wildman–Crippen LogP) is 2.94. The molecule has 162 valence electrons. The standard InChI is InChI=1S/C21H34N4O3S/c1-6-23(17(5)16(3)4)15-21-22-19-14-18(8-9-20(19)25(21)7-2)29(26,27)24-10-12-28-13-11-24/h8-9,14,16-17H,6-7,10-13,15H2,1-5H3. The number of aryl methyl sites for hydroxylation is 1. The summed E-state index contributed by atoms with van der Waals surface area (Å²) in [5, 5.41) is 0. The van der Waals surface area contributed by atoms with E-state index in [9.17, 15) is 8.42 Å². The number of imidazole rings is 1. The van der Waals surface area contributed by atoms with Crippen LogP contribution in [0.2, 0.25) is 0 Å². The maximum atomic E-state index is 13.0. The molecule has 0 N–H and O–H groups in total. The molecule has 2 heterocycles. The van der Waals surface area contributed by atoms with Gasteiger partial charge in [0, 0.05) is 25.7 Å². The van der Waals surface area contributed by atoms with Crippen molar-refractivity contribution in [2.75, 3.05) is 32.8 Å². The van der Waals surface area contributed by atoms with Gasteiger partial charge in [-0.05, 0) is 44.5 Å². The number of rotatable bonds is 8. The number of fused-ring (bicyclic) bond motifs is 1. The molecule has 7 nitrogen and oxygen atoms in total. The van der Waals surface area contributed by atoms with Crippen LogP contribution < -0.4 is 0 Å². The van der Waals surface area contributed by atoms with Gasteiger partial charge in [-0.15, -0.1) is 0 Å². The van der Waals surface area contributed by atoms with Gasteiger partial charge >= 0.3 is 0 Å². The second-order valence-corrected chi connectivity index (χ2v) is 9.92. The van der Waals surface area contributed by atoms with Crippen molar-refractivity contribution in [1.29, 1.82) is 0 Å². The third kappa shape index (κ3) is 4.50. The van der Waals surface area contributed by atoms with E-state index in [-0.39, 0.29) is 0 Å². The number of hydrogen-bond acceptors (Lipinski definition) is 5. The van der Waals surface area contributed by atoms with Crippen LogP contribution in [0.5, 0.6) is 0 Å². The van der Waals surface area contributed by atoms with Crippen LogP contribution in [0.1, 0.15) is 40.4 Å². The predicted molar refractivity (Wildman–Crippen MR) is 115 cm³/mol. The largest absolute Gasteiger partial charge is 0.379 e. The molecule has 1 atom stereocenters. The fourth-order valence-corrected chi connectivity index (χ4v) is 5.31. The summed E-state index contributed by atoms with van der Waals surface area (Å²) in [5.74, 6) is 1.54. The summed E-state index contributed by atoms with van der Waals surface area (Å²) in [6, 6.07) is 5.77. The lowest BCUT2D eigenvalue weighted by molar-refractivity contribution is 0.0730. The number of nitrogens with zero attached hydrogens (tertiary/aromatic N) is 4. The van der Waals surface area contributed by atoms with Crippen molar-refractivity contribution in [3.05, 3.63) is 24.0 Å². The van der Waals surface area contributed by atoms with E-state index in [0.29, 0.717) is 43.2 Å². The first-order valence-corrected chi connectivity index (χ1v) is 12.0. The summed E-state index contributed by atoms with van der Waals surface area (Å²) < 4.78 is 35.0. The average Bonchev–Trinajstić information content (AvgIpc) is 3.08. The maximum absolute atomic E-state index is 13.0. The van der Waals surface area contributed by atoms with E-state index in [1.807, 2.05) is 6.07 Å². The van der Waals surface area contributed by atoms with E-state index < -0.39 is 10.0 Å². The van der Waals surface area contributed by atoms with Crippen molar-refractivity contribution in [3.8, 4) is 0 Å². The lowest BCUT2D eigenvalue weighted by Crippen LogP contribution is -2.40. The van der Waals surface area contributed by atoms with Gasteiger partial charge < -0.3 is 9.30 Å². The molecule has 8 heteroatoms. The summed E-state index contributed by atoms with van der Waals surface area (Å²) >= 11 is 0. The Balaban J connectivity index is 1.95. The van der Waals surface area contributed by atoms with Gasteiger partial charge in [-0.2, -0.15) is 4.31 Å². The Morgan fingerprint density at radius 2 is 1.86 bits per heavy atom. The molecular formula is C21H34N4O3S. The minimum absolute atomic E-state index is 0.307. The van der Waals surface area contributed by atoms with E-state index >= 15 is 0 Å².